The van der Waals surface area contributed by atoms with Gasteiger partial charge >= 0.3 is 0 Å². The topological polar surface area (TPSA) is 61.5 Å². The van der Waals surface area contributed by atoms with Crippen molar-refractivity contribution in [1.82, 2.24) is 20.0 Å². The number of nitrogens with zero attached hydrogens (tertiary/aromatic N) is 3. The third-order valence-corrected chi connectivity index (χ3v) is 6.12. The van der Waals surface area contributed by atoms with E-state index in [1.165, 1.54) is 12.8 Å². The van der Waals surface area contributed by atoms with Gasteiger partial charge < -0.3 is 9.64 Å². The van der Waals surface area contributed by atoms with Crippen LogP contribution in [0.4, 0.5) is 0 Å². The minimum absolute atomic E-state index is 0.0462. The van der Waals surface area contributed by atoms with Crippen LogP contribution in [-0.4, -0.2) is 64.2 Å². The van der Waals surface area contributed by atoms with Crippen LogP contribution < -0.4 is 4.74 Å². The zero-order valence-electron chi connectivity index (χ0n) is 14.6. The van der Waals surface area contributed by atoms with Gasteiger partial charge in [0.05, 0.1) is 11.6 Å². The SMILES string of the molecule is CN1CC2C[C@H]1CN2C(=O)c1n[nH]c2ccc(OC3CCCC3)cc12. The highest BCUT2D eigenvalue weighted by Gasteiger charge is 2.44. The van der Waals surface area contributed by atoms with Crippen LogP contribution in [-0.2, 0) is 0 Å². The van der Waals surface area contributed by atoms with Crippen molar-refractivity contribution < 1.29 is 9.53 Å². The van der Waals surface area contributed by atoms with Crippen molar-refractivity contribution in [3.05, 3.63) is 23.9 Å². The second kappa shape index (κ2) is 5.73. The van der Waals surface area contributed by atoms with E-state index in [2.05, 4.69) is 22.1 Å². The van der Waals surface area contributed by atoms with Gasteiger partial charge in [0, 0.05) is 30.6 Å². The van der Waals surface area contributed by atoms with Gasteiger partial charge in [-0.25, -0.2) is 0 Å². The lowest BCUT2D eigenvalue weighted by Crippen LogP contribution is -2.47. The summed E-state index contributed by atoms with van der Waals surface area (Å²) < 4.78 is 6.10. The minimum atomic E-state index is 0.0462. The van der Waals surface area contributed by atoms with Crippen molar-refractivity contribution in [3.8, 4) is 5.75 Å². The number of rotatable bonds is 3. The molecule has 0 spiro atoms. The van der Waals surface area contributed by atoms with Crippen molar-refractivity contribution in [3.63, 3.8) is 0 Å². The van der Waals surface area contributed by atoms with Crippen LogP contribution in [0.25, 0.3) is 10.9 Å². The molecule has 1 saturated carbocycles. The molecule has 0 radical (unpaired) electrons. The number of aromatic amines is 1. The molecule has 2 atom stereocenters. The van der Waals surface area contributed by atoms with Crippen LogP contribution >= 0.6 is 0 Å². The van der Waals surface area contributed by atoms with Crippen molar-refractivity contribution in [2.45, 2.75) is 50.3 Å². The number of likely N-dealkylation sites (N-methyl/N-ethyl adjacent to an activating group) is 1. The number of hydrogen-bond donors (Lipinski definition) is 1. The average molecular weight is 340 g/mol. The van der Waals surface area contributed by atoms with E-state index in [0.29, 0.717) is 23.9 Å². The Kier molecular flexibility index (Phi) is 3.48. The molecule has 1 unspecified atom stereocenters. The molecule has 5 rings (SSSR count). The van der Waals surface area contributed by atoms with E-state index in [4.69, 9.17) is 4.74 Å². The number of ether oxygens (including phenoxy) is 1. The van der Waals surface area contributed by atoms with E-state index in [9.17, 15) is 4.79 Å². The van der Waals surface area contributed by atoms with E-state index < -0.39 is 0 Å². The molecule has 6 nitrogen and oxygen atoms in total. The van der Waals surface area contributed by atoms with Crippen LogP contribution in [0, 0.1) is 0 Å². The van der Waals surface area contributed by atoms with Gasteiger partial charge in [0.15, 0.2) is 5.69 Å². The van der Waals surface area contributed by atoms with Crippen LogP contribution in [0.5, 0.6) is 5.75 Å². The molecule has 1 aromatic carbocycles. The average Bonchev–Trinajstić information content (AvgIpc) is 3.37. The molecule has 2 saturated heterocycles. The Morgan fingerprint density at radius 3 is 2.80 bits per heavy atom. The summed E-state index contributed by atoms with van der Waals surface area (Å²) in [7, 11) is 2.14. The maximum absolute atomic E-state index is 13.1. The normalized spacial score (nSPS) is 26.8. The minimum Gasteiger partial charge on any atom is -0.490 e. The van der Waals surface area contributed by atoms with Crippen LogP contribution in [0.1, 0.15) is 42.6 Å². The Labute approximate surface area is 147 Å². The number of fused-ring (bicyclic) bond motifs is 3. The summed E-state index contributed by atoms with van der Waals surface area (Å²) in [5.74, 6) is 0.891. The Hall–Kier alpha value is -2.08. The van der Waals surface area contributed by atoms with E-state index in [0.717, 1.165) is 49.0 Å². The maximum Gasteiger partial charge on any atom is 0.275 e. The fourth-order valence-corrected chi connectivity index (χ4v) is 4.68. The van der Waals surface area contributed by atoms with Crippen molar-refractivity contribution in [2.75, 3.05) is 20.1 Å². The van der Waals surface area contributed by atoms with Gasteiger partial charge in [0.2, 0.25) is 0 Å². The van der Waals surface area contributed by atoms with E-state index >= 15 is 0 Å². The van der Waals surface area contributed by atoms with E-state index in [1.54, 1.807) is 0 Å². The molecular formula is C19H24N4O2. The number of likely N-dealkylation sites (tertiary alicyclic amines) is 2. The van der Waals surface area contributed by atoms with Gasteiger partial charge in [-0.2, -0.15) is 5.10 Å². The Morgan fingerprint density at radius 2 is 2.08 bits per heavy atom. The molecule has 2 aliphatic heterocycles. The van der Waals surface area contributed by atoms with Crippen molar-refractivity contribution >= 4 is 16.8 Å². The Morgan fingerprint density at radius 1 is 1.24 bits per heavy atom. The molecule has 25 heavy (non-hydrogen) atoms. The summed E-state index contributed by atoms with van der Waals surface area (Å²) in [6.45, 7) is 1.78. The first-order valence-corrected chi connectivity index (χ1v) is 9.35. The highest BCUT2D eigenvalue weighted by atomic mass is 16.5. The number of carbonyl (C=O) groups excluding carboxylic acids is 1. The number of hydrogen-bond acceptors (Lipinski definition) is 4. The molecule has 132 valence electrons. The number of carbonyl (C=O) groups is 1. The molecule has 1 N–H and O–H groups in total. The van der Waals surface area contributed by atoms with E-state index in [1.807, 2.05) is 23.1 Å². The first-order valence-electron chi connectivity index (χ1n) is 9.35. The molecule has 1 aromatic heterocycles. The lowest BCUT2D eigenvalue weighted by molar-refractivity contribution is 0.0646. The van der Waals surface area contributed by atoms with Crippen LogP contribution in [0.15, 0.2) is 18.2 Å². The maximum atomic E-state index is 13.1. The molecule has 1 amide bonds. The smallest absolute Gasteiger partial charge is 0.275 e. The van der Waals surface area contributed by atoms with Gasteiger partial charge in [-0.05, 0) is 57.4 Å². The van der Waals surface area contributed by atoms with Crippen LogP contribution in [0.2, 0.25) is 0 Å². The number of nitrogens with one attached hydrogen (secondary N) is 1. The van der Waals surface area contributed by atoms with Crippen molar-refractivity contribution in [2.24, 2.45) is 0 Å². The second-order valence-electron chi connectivity index (χ2n) is 7.74. The fraction of sp³-hybridized carbons (Fsp3) is 0.579. The summed E-state index contributed by atoms with van der Waals surface area (Å²) in [6.07, 6.45) is 6.14. The molecule has 3 heterocycles. The Bertz CT molecular complexity index is 809. The first kappa shape index (κ1) is 15.2. The van der Waals surface area contributed by atoms with Crippen LogP contribution in [0.3, 0.4) is 0 Å². The molecule has 3 fully saturated rings. The van der Waals surface area contributed by atoms with Gasteiger partial charge in [0.1, 0.15) is 5.75 Å². The Balaban J connectivity index is 1.42. The van der Waals surface area contributed by atoms with Gasteiger partial charge in [-0.15, -0.1) is 0 Å². The molecular weight excluding hydrogens is 316 g/mol. The molecule has 6 heteroatoms. The summed E-state index contributed by atoms with van der Waals surface area (Å²) in [6, 6.07) is 6.74. The van der Waals surface area contributed by atoms with Gasteiger partial charge in [-0.3, -0.25) is 14.8 Å². The number of H-pyrrole nitrogens is 1. The number of amides is 1. The summed E-state index contributed by atoms with van der Waals surface area (Å²) >= 11 is 0. The first-order chi connectivity index (χ1) is 12.2. The zero-order chi connectivity index (χ0) is 17.0. The monoisotopic (exact) mass is 340 g/mol. The molecule has 2 aromatic rings. The zero-order valence-corrected chi connectivity index (χ0v) is 14.6. The molecule has 2 bridgehead atoms. The largest absolute Gasteiger partial charge is 0.490 e. The number of aromatic nitrogens is 2. The highest BCUT2D eigenvalue weighted by molar-refractivity contribution is 6.05. The van der Waals surface area contributed by atoms with E-state index in [-0.39, 0.29) is 5.91 Å². The predicted octanol–water partition coefficient (Wildman–Crippen LogP) is 2.41. The summed E-state index contributed by atoms with van der Waals surface area (Å²) in [5.41, 5.74) is 1.42. The quantitative estimate of drug-likeness (QED) is 0.932. The predicted molar refractivity (Wildman–Crippen MR) is 94.8 cm³/mol. The molecule has 1 aliphatic carbocycles. The summed E-state index contributed by atoms with van der Waals surface area (Å²) in [5, 5.41) is 8.20. The lowest BCUT2D eigenvalue weighted by Gasteiger charge is -2.31. The third-order valence-electron chi connectivity index (χ3n) is 6.12. The highest BCUT2D eigenvalue weighted by Crippen LogP contribution is 2.32. The number of benzene rings is 1. The molecule has 3 aliphatic rings. The second-order valence-corrected chi connectivity index (χ2v) is 7.74. The fourth-order valence-electron chi connectivity index (χ4n) is 4.68. The lowest BCUT2D eigenvalue weighted by atomic mass is 10.1. The summed E-state index contributed by atoms with van der Waals surface area (Å²) in [4.78, 5) is 17.4. The number of piperazine rings is 1. The van der Waals surface area contributed by atoms with Gasteiger partial charge in [0.25, 0.3) is 5.91 Å². The standard InChI is InChI=1S/C19H24N4O2/c1-22-10-13-8-12(22)11-23(13)19(24)18-16-9-15(6-7-17(16)20-21-18)25-14-4-2-3-5-14/h6-7,9,12-14H,2-5,8,10-11H2,1H3,(H,20,21)/t12-,13?/m0/s1. The van der Waals surface area contributed by atoms with Crippen molar-refractivity contribution in [1.29, 1.82) is 0 Å². The third kappa shape index (κ3) is 2.51. The van der Waals surface area contributed by atoms with Gasteiger partial charge in [-0.1, -0.05) is 0 Å².